The van der Waals surface area contributed by atoms with Crippen molar-refractivity contribution in [1.82, 2.24) is 0 Å². The summed E-state index contributed by atoms with van der Waals surface area (Å²) in [7, 11) is 0. The van der Waals surface area contributed by atoms with Gasteiger partial charge in [-0.3, -0.25) is 14.9 Å². The van der Waals surface area contributed by atoms with Crippen LogP contribution in [0.15, 0.2) is 35.2 Å². The summed E-state index contributed by atoms with van der Waals surface area (Å²) in [4.78, 5) is 23.2. The summed E-state index contributed by atoms with van der Waals surface area (Å²) < 4.78 is 0. The Bertz CT molecular complexity index is 852. The van der Waals surface area contributed by atoms with Gasteiger partial charge in [-0.05, 0) is 36.1 Å². The molecule has 6 nitrogen and oxygen atoms in total. The van der Waals surface area contributed by atoms with Crippen molar-refractivity contribution in [1.29, 1.82) is 5.26 Å². The Balaban J connectivity index is 2.29. The van der Waals surface area contributed by atoms with Crippen LogP contribution >= 0.6 is 22.9 Å². The fraction of sp³-hybridized carbons (Fsp3) is 0.0667. The van der Waals surface area contributed by atoms with Gasteiger partial charge in [0.25, 0.3) is 11.6 Å². The van der Waals surface area contributed by atoms with Crippen LogP contribution in [0.2, 0.25) is 5.02 Å². The molecule has 1 aromatic carbocycles. The van der Waals surface area contributed by atoms with Gasteiger partial charge in [0.15, 0.2) is 0 Å². The van der Waals surface area contributed by atoms with Gasteiger partial charge in [-0.2, -0.15) is 5.26 Å². The number of nitriles is 1. The quantitative estimate of drug-likeness (QED) is 0.388. The monoisotopic (exact) mass is 347 g/mol. The lowest BCUT2D eigenvalue weighted by Crippen LogP contribution is -2.14. The molecular weight excluding hydrogens is 338 g/mol. The highest BCUT2D eigenvalue weighted by Crippen LogP contribution is 2.27. The Morgan fingerprint density at radius 1 is 1.48 bits per heavy atom. The van der Waals surface area contributed by atoms with Gasteiger partial charge in [-0.15, -0.1) is 11.3 Å². The average molecular weight is 348 g/mol. The second kappa shape index (κ2) is 7.05. The van der Waals surface area contributed by atoms with E-state index in [1.807, 2.05) is 24.4 Å². The average Bonchev–Trinajstić information content (AvgIpc) is 2.91. The molecule has 0 unspecified atom stereocenters. The van der Waals surface area contributed by atoms with E-state index in [1.54, 1.807) is 0 Å². The molecule has 116 valence electrons. The van der Waals surface area contributed by atoms with E-state index in [0.717, 1.165) is 16.5 Å². The van der Waals surface area contributed by atoms with Gasteiger partial charge >= 0.3 is 0 Å². The normalized spacial score (nSPS) is 10.9. The van der Waals surface area contributed by atoms with Crippen LogP contribution < -0.4 is 5.32 Å². The van der Waals surface area contributed by atoms with Crippen LogP contribution in [0.25, 0.3) is 6.08 Å². The van der Waals surface area contributed by atoms with Crippen LogP contribution in [0.1, 0.15) is 10.4 Å². The van der Waals surface area contributed by atoms with E-state index < -0.39 is 10.8 Å². The molecule has 0 atom stereocenters. The second-order valence-electron chi connectivity index (χ2n) is 4.51. The number of hydrogen-bond acceptors (Lipinski definition) is 5. The Morgan fingerprint density at radius 2 is 2.22 bits per heavy atom. The van der Waals surface area contributed by atoms with E-state index in [4.69, 9.17) is 16.9 Å². The van der Waals surface area contributed by atoms with Crippen molar-refractivity contribution in [3.63, 3.8) is 0 Å². The van der Waals surface area contributed by atoms with Gasteiger partial charge in [0.05, 0.1) is 15.6 Å². The number of hydrogen-bond donors (Lipinski definition) is 1. The predicted molar refractivity (Wildman–Crippen MR) is 89.4 cm³/mol. The van der Waals surface area contributed by atoms with Crippen molar-refractivity contribution in [2.75, 3.05) is 5.32 Å². The van der Waals surface area contributed by atoms with Gasteiger partial charge in [0, 0.05) is 17.0 Å². The number of nitro benzene ring substituents is 1. The molecule has 1 amide bonds. The Morgan fingerprint density at radius 3 is 2.78 bits per heavy atom. The number of non-ortho nitro benzene ring substituents is 1. The highest BCUT2D eigenvalue weighted by molar-refractivity contribution is 7.11. The number of aryl methyl sites for hydroxylation is 1. The summed E-state index contributed by atoms with van der Waals surface area (Å²) in [5.41, 5.74) is 0.707. The first-order valence-electron chi connectivity index (χ1n) is 6.33. The van der Waals surface area contributed by atoms with Gasteiger partial charge in [0.2, 0.25) is 0 Å². The van der Waals surface area contributed by atoms with Gasteiger partial charge in [0.1, 0.15) is 11.6 Å². The Labute approximate surface area is 140 Å². The Kier molecular flexibility index (Phi) is 5.11. The van der Waals surface area contributed by atoms with E-state index in [1.165, 1.54) is 29.5 Å². The fourth-order valence-electron chi connectivity index (χ4n) is 1.72. The number of halogens is 1. The van der Waals surface area contributed by atoms with Crippen molar-refractivity contribution < 1.29 is 9.72 Å². The van der Waals surface area contributed by atoms with Crippen molar-refractivity contribution >= 4 is 46.3 Å². The number of nitrogens with one attached hydrogen (secondary N) is 1. The summed E-state index contributed by atoms with van der Waals surface area (Å²) in [6, 6.07) is 7.39. The van der Waals surface area contributed by atoms with Gasteiger partial charge < -0.3 is 5.32 Å². The zero-order valence-corrected chi connectivity index (χ0v) is 13.4. The summed E-state index contributed by atoms with van der Waals surface area (Å²) in [6.45, 7) is 1.87. The molecule has 0 saturated heterocycles. The molecule has 0 aliphatic carbocycles. The topological polar surface area (TPSA) is 96.0 Å². The van der Waals surface area contributed by atoms with Crippen LogP contribution in [0.5, 0.6) is 0 Å². The largest absolute Gasteiger partial charge is 0.320 e. The van der Waals surface area contributed by atoms with Crippen LogP contribution in [0, 0.1) is 28.4 Å². The van der Waals surface area contributed by atoms with Crippen molar-refractivity contribution in [3.8, 4) is 6.07 Å². The summed E-state index contributed by atoms with van der Waals surface area (Å²) in [5, 5.41) is 24.4. The van der Waals surface area contributed by atoms with Gasteiger partial charge in [-0.25, -0.2) is 0 Å². The van der Waals surface area contributed by atoms with Crippen LogP contribution in [0.3, 0.4) is 0 Å². The first kappa shape index (κ1) is 16.7. The number of carbonyl (C=O) groups excluding carboxylic acids is 1. The Hall–Kier alpha value is -2.69. The van der Waals surface area contributed by atoms with Gasteiger partial charge in [-0.1, -0.05) is 11.6 Å². The zero-order valence-electron chi connectivity index (χ0n) is 11.9. The lowest BCUT2D eigenvalue weighted by Gasteiger charge is -2.06. The molecule has 2 rings (SSSR count). The minimum absolute atomic E-state index is 0.0786. The van der Waals surface area contributed by atoms with Crippen molar-refractivity contribution in [3.05, 3.63) is 60.8 Å². The molecule has 23 heavy (non-hydrogen) atoms. The maximum Gasteiger partial charge on any atom is 0.271 e. The molecule has 0 aliphatic rings. The number of thiophene rings is 1. The third-order valence-electron chi connectivity index (χ3n) is 2.95. The minimum Gasteiger partial charge on any atom is -0.320 e. The highest BCUT2D eigenvalue weighted by atomic mass is 35.5. The summed E-state index contributed by atoms with van der Waals surface area (Å²) >= 11 is 7.33. The second-order valence-corrected chi connectivity index (χ2v) is 5.87. The van der Waals surface area contributed by atoms with E-state index in [9.17, 15) is 14.9 Å². The number of nitrogens with zero attached hydrogens (tertiary/aromatic N) is 2. The standard InChI is InChI=1S/C15H10ClN3O3S/c1-9-4-5-23-14(9)6-10(8-17)15(20)18-13-7-11(19(21)22)2-3-12(13)16/h2-7H,1H3,(H,18,20). The van der Waals surface area contributed by atoms with E-state index >= 15 is 0 Å². The molecule has 8 heteroatoms. The molecule has 0 fully saturated rings. The maximum absolute atomic E-state index is 12.2. The van der Waals surface area contributed by atoms with Crippen LogP contribution in [-0.4, -0.2) is 10.8 Å². The number of anilines is 1. The molecule has 2 aromatic rings. The molecule has 1 aromatic heterocycles. The summed E-state index contributed by atoms with van der Waals surface area (Å²) in [5.74, 6) is -0.678. The maximum atomic E-state index is 12.2. The SMILES string of the molecule is Cc1ccsc1C=C(C#N)C(=O)Nc1cc([N+](=O)[O-])ccc1Cl. The number of amides is 1. The molecule has 0 spiro atoms. The molecule has 0 radical (unpaired) electrons. The smallest absolute Gasteiger partial charge is 0.271 e. The lowest BCUT2D eigenvalue weighted by atomic mass is 10.2. The molecule has 0 aliphatic heterocycles. The number of benzene rings is 1. The van der Waals surface area contributed by atoms with Crippen LogP contribution in [0.4, 0.5) is 11.4 Å². The molecule has 1 N–H and O–H groups in total. The van der Waals surface area contributed by atoms with Crippen molar-refractivity contribution in [2.24, 2.45) is 0 Å². The molecule has 0 bridgehead atoms. The van der Waals surface area contributed by atoms with E-state index in [-0.39, 0.29) is 22.0 Å². The third kappa shape index (κ3) is 3.94. The molecule has 1 heterocycles. The third-order valence-corrected chi connectivity index (χ3v) is 4.25. The zero-order chi connectivity index (χ0) is 17.0. The number of carbonyl (C=O) groups is 1. The van der Waals surface area contributed by atoms with E-state index in [2.05, 4.69) is 5.32 Å². The predicted octanol–water partition coefficient (Wildman–Crippen LogP) is 4.16. The number of nitro groups is 1. The minimum atomic E-state index is -0.678. The molecule has 0 saturated carbocycles. The fourth-order valence-corrected chi connectivity index (χ4v) is 2.75. The summed E-state index contributed by atoms with van der Waals surface area (Å²) in [6.07, 6.45) is 1.47. The first-order valence-corrected chi connectivity index (χ1v) is 7.59. The van der Waals surface area contributed by atoms with Crippen LogP contribution in [-0.2, 0) is 4.79 Å². The lowest BCUT2D eigenvalue weighted by molar-refractivity contribution is -0.384. The first-order chi connectivity index (χ1) is 10.9. The molecular formula is C15H10ClN3O3S. The van der Waals surface area contributed by atoms with Crippen molar-refractivity contribution in [2.45, 2.75) is 6.92 Å². The van der Waals surface area contributed by atoms with E-state index in [0.29, 0.717) is 0 Å². The number of rotatable bonds is 4. The highest BCUT2D eigenvalue weighted by Gasteiger charge is 2.15.